The van der Waals surface area contributed by atoms with Crippen LogP contribution >= 0.6 is 0 Å². The topological polar surface area (TPSA) is 82.9 Å². The molecule has 1 aliphatic heterocycles. The maximum absolute atomic E-state index is 11.6. The van der Waals surface area contributed by atoms with Crippen molar-refractivity contribution in [3.63, 3.8) is 0 Å². The Kier molecular flexibility index (Phi) is 4.60. The predicted octanol–water partition coefficient (Wildman–Crippen LogP) is 0.965. The maximum Gasteiger partial charge on any atom is 0.245 e. The lowest BCUT2D eigenvalue weighted by molar-refractivity contribution is -0.119. The van der Waals surface area contributed by atoms with Crippen LogP contribution < -0.4 is 10.9 Å². The number of carbonyl (C=O) groups is 2. The molecule has 0 bridgehead atoms. The lowest BCUT2D eigenvalue weighted by Gasteiger charge is -1.99. The molecule has 1 aliphatic rings. The Morgan fingerprint density at radius 2 is 2.20 bits per heavy atom. The average Bonchev–Trinajstić information content (AvgIpc) is 2.85. The molecular weight excluding hydrogens is 256 g/mol. The fraction of sp³-hybridized carbons (Fsp3) is 0.286. The summed E-state index contributed by atoms with van der Waals surface area (Å²) in [6.45, 7) is 2.09. The quantitative estimate of drug-likeness (QED) is 0.618. The minimum absolute atomic E-state index is 0.0743. The van der Waals surface area contributed by atoms with Crippen LogP contribution in [0.3, 0.4) is 0 Å². The SMILES string of the molecule is CCc1ccc(/C=N\NC(=O)CC2=NNC(=O)C2)cc1. The van der Waals surface area contributed by atoms with Crippen LogP contribution in [-0.4, -0.2) is 23.7 Å². The van der Waals surface area contributed by atoms with E-state index in [4.69, 9.17) is 0 Å². The van der Waals surface area contributed by atoms with Gasteiger partial charge in [0.25, 0.3) is 0 Å². The Morgan fingerprint density at radius 3 is 2.80 bits per heavy atom. The number of hydrazone groups is 2. The molecule has 2 N–H and O–H groups in total. The van der Waals surface area contributed by atoms with Gasteiger partial charge in [-0.05, 0) is 17.5 Å². The van der Waals surface area contributed by atoms with Crippen molar-refractivity contribution in [2.75, 3.05) is 0 Å². The van der Waals surface area contributed by atoms with Gasteiger partial charge in [0.2, 0.25) is 11.8 Å². The molecule has 1 heterocycles. The molecule has 6 nitrogen and oxygen atoms in total. The maximum atomic E-state index is 11.6. The van der Waals surface area contributed by atoms with E-state index >= 15 is 0 Å². The van der Waals surface area contributed by atoms with Crippen LogP contribution in [-0.2, 0) is 16.0 Å². The third kappa shape index (κ3) is 4.01. The highest BCUT2D eigenvalue weighted by molar-refractivity contribution is 6.11. The second-order valence-electron chi connectivity index (χ2n) is 4.45. The lowest BCUT2D eigenvalue weighted by Crippen LogP contribution is -2.20. The number of aryl methyl sites for hydroxylation is 1. The van der Waals surface area contributed by atoms with Gasteiger partial charge < -0.3 is 0 Å². The summed E-state index contributed by atoms with van der Waals surface area (Å²) in [5.74, 6) is -0.478. The third-order valence-electron chi connectivity index (χ3n) is 2.86. The highest BCUT2D eigenvalue weighted by Crippen LogP contribution is 2.03. The van der Waals surface area contributed by atoms with Gasteiger partial charge in [0, 0.05) is 0 Å². The van der Waals surface area contributed by atoms with E-state index in [1.807, 2.05) is 24.3 Å². The molecule has 0 fully saturated rings. The first-order valence-corrected chi connectivity index (χ1v) is 6.42. The molecule has 0 aromatic heterocycles. The first kappa shape index (κ1) is 13.9. The fourth-order valence-corrected chi connectivity index (χ4v) is 1.75. The van der Waals surface area contributed by atoms with Crippen molar-refractivity contribution >= 4 is 23.7 Å². The van der Waals surface area contributed by atoms with Gasteiger partial charge in [-0.3, -0.25) is 9.59 Å². The zero-order chi connectivity index (χ0) is 14.4. The second kappa shape index (κ2) is 6.60. The van der Waals surface area contributed by atoms with Gasteiger partial charge in [-0.25, -0.2) is 10.9 Å². The first-order valence-electron chi connectivity index (χ1n) is 6.42. The third-order valence-corrected chi connectivity index (χ3v) is 2.86. The van der Waals surface area contributed by atoms with Crippen molar-refractivity contribution in [1.82, 2.24) is 10.9 Å². The Labute approximate surface area is 116 Å². The van der Waals surface area contributed by atoms with E-state index < -0.39 is 0 Å². The van der Waals surface area contributed by atoms with E-state index in [9.17, 15) is 9.59 Å². The Morgan fingerprint density at radius 1 is 1.45 bits per heavy atom. The normalized spacial score (nSPS) is 14.2. The molecular formula is C14H16N4O2. The summed E-state index contributed by atoms with van der Waals surface area (Å²) in [5, 5.41) is 7.62. The smallest absolute Gasteiger partial charge is 0.245 e. The molecule has 0 radical (unpaired) electrons. The van der Waals surface area contributed by atoms with Crippen molar-refractivity contribution in [3.05, 3.63) is 35.4 Å². The number of nitrogens with zero attached hydrogens (tertiary/aromatic N) is 2. The Bertz CT molecular complexity index is 561. The number of rotatable bonds is 5. The number of amides is 2. The molecule has 0 saturated heterocycles. The number of benzene rings is 1. The van der Waals surface area contributed by atoms with E-state index in [0.717, 1.165) is 12.0 Å². The van der Waals surface area contributed by atoms with Crippen LogP contribution in [0.5, 0.6) is 0 Å². The summed E-state index contributed by atoms with van der Waals surface area (Å²) in [5.41, 5.74) is 7.40. The number of hydrogen-bond acceptors (Lipinski definition) is 4. The van der Waals surface area contributed by atoms with E-state index in [2.05, 4.69) is 28.0 Å². The van der Waals surface area contributed by atoms with Crippen molar-refractivity contribution < 1.29 is 9.59 Å². The molecule has 1 aromatic rings. The van der Waals surface area contributed by atoms with Crippen LogP contribution in [0, 0.1) is 0 Å². The van der Waals surface area contributed by atoms with Gasteiger partial charge in [-0.1, -0.05) is 31.2 Å². The van der Waals surface area contributed by atoms with Crippen molar-refractivity contribution in [2.24, 2.45) is 10.2 Å². The Hall–Kier alpha value is -2.50. The fourth-order valence-electron chi connectivity index (χ4n) is 1.75. The molecule has 0 atom stereocenters. The molecule has 104 valence electrons. The largest absolute Gasteiger partial charge is 0.273 e. The molecule has 0 aliphatic carbocycles. The minimum Gasteiger partial charge on any atom is -0.273 e. The summed E-state index contributed by atoms with van der Waals surface area (Å²) < 4.78 is 0. The minimum atomic E-state index is -0.290. The number of carbonyl (C=O) groups excluding carboxylic acids is 2. The van der Waals surface area contributed by atoms with Gasteiger partial charge in [0.05, 0.1) is 24.8 Å². The molecule has 0 spiro atoms. The van der Waals surface area contributed by atoms with Gasteiger partial charge in [-0.2, -0.15) is 10.2 Å². The zero-order valence-electron chi connectivity index (χ0n) is 11.2. The van der Waals surface area contributed by atoms with Gasteiger partial charge >= 0.3 is 0 Å². The van der Waals surface area contributed by atoms with Gasteiger partial charge in [0.1, 0.15) is 0 Å². The molecule has 2 rings (SSSR count). The van der Waals surface area contributed by atoms with Crippen LogP contribution in [0.2, 0.25) is 0 Å². The number of nitrogens with one attached hydrogen (secondary N) is 2. The van der Waals surface area contributed by atoms with Crippen LogP contribution in [0.4, 0.5) is 0 Å². The molecule has 0 saturated carbocycles. The summed E-state index contributed by atoms with van der Waals surface area (Å²) in [6.07, 6.45) is 2.82. The monoisotopic (exact) mass is 272 g/mol. The zero-order valence-corrected chi connectivity index (χ0v) is 11.2. The first-order chi connectivity index (χ1) is 9.67. The molecule has 2 amide bonds. The number of hydrogen-bond donors (Lipinski definition) is 2. The molecule has 1 aromatic carbocycles. The average molecular weight is 272 g/mol. The summed E-state index contributed by atoms with van der Waals surface area (Å²) >= 11 is 0. The van der Waals surface area contributed by atoms with E-state index in [1.165, 1.54) is 5.56 Å². The summed E-state index contributed by atoms with van der Waals surface area (Å²) in [6, 6.07) is 7.93. The summed E-state index contributed by atoms with van der Waals surface area (Å²) in [4.78, 5) is 22.5. The lowest BCUT2D eigenvalue weighted by atomic mass is 10.1. The van der Waals surface area contributed by atoms with Crippen molar-refractivity contribution in [2.45, 2.75) is 26.2 Å². The van der Waals surface area contributed by atoms with Crippen molar-refractivity contribution in [1.29, 1.82) is 0 Å². The standard InChI is InChI=1S/C14H16N4O2/c1-2-10-3-5-11(6-4-10)9-15-17-13(19)7-12-8-14(20)18-16-12/h3-6,9H,2,7-8H2,1H3,(H,17,19)(H,18,20)/b15-9-. The van der Waals surface area contributed by atoms with Crippen LogP contribution in [0.15, 0.2) is 34.5 Å². The van der Waals surface area contributed by atoms with E-state index in [-0.39, 0.29) is 24.7 Å². The summed E-state index contributed by atoms with van der Waals surface area (Å²) in [7, 11) is 0. The van der Waals surface area contributed by atoms with Gasteiger partial charge in [0.15, 0.2) is 0 Å². The molecule has 20 heavy (non-hydrogen) atoms. The molecule has 6 heteroatoms. The van der Waals surface area contributed by atoms with Crippen LogP contribution in [0.1, 0.15) is 30.9 Å². The predicted molar refractivity (Wildman–Crippen MR) is 76.4 cm³/mol. The second-order valence-corrected chi connectivity index (χ2v) is 4.45. The van der Waals surface area contributed by atoms with Crippen molar-refractivity contribution in [3.8, 4) is 0 Å². The molecule has 0 unspecified atom stereocenters. The van der Waals surface area contributed by atoms with Crippen LogP contribution in [0.25, 0.3) is 0 Å². The van der Waals surface area contributed by atoms with E-state index in [1.54, 1.807) is 6.21 Å². The highest BCUT2D eigenvalue weighted by Gasteiger charge is 2.16. The van der Waals surface area contributed by atoms with Gasteiger partial charge in [-0.15, -0.1) is 0 Å². The Balaban J connectivity index is 1.80. The highest BCUT2D eigenvalue weighted by atomic mass is 16.2. The van der Waals surface area contributed by atoms with E-state index in [0.29, 0.717) is 5.71 Å².